The van der Waals surface area contributed by atoms with Gasteiger partial charge in [-0.3, -0.25) is 4.79 Å². The lowest BCUT2D eigenvalue weighted by molar-refractivity contribution is 0.0872. The minimum atomic E-state index is -0.241. The second-order valence-corrected chi connectivity index (χ2v) is 4.18. The van der Waals surface area contributed by atoms with E-state index in [9.17, 15) is 4.79 Å². The van der Waals surface area contributed by atoms with Crippen molar-refractivity contribution in [3.05, 3.63) is 28.8 Å². The number of anilines is 1. The molecule has 0 aliphatic rings. The second kappa shape index (κ2) is 6.47. The SMILES string of the molecule is CCOCC(C)NC(=O)c1cc(N)ccc1Cl. The number of ether oxygens (including phenoxy) is 1. The summed E-state index contributed by atoms with van der Waals surface area (Å²) in [6, 6.07) is 4.76. The van der Waals surface area contributed by atoms with Gasteiger partial charge in [0.05, 0.1) is 17.2 Å². The summed E-state index contributed by atoms with van der Waals surface area (Å²) >= 11 is 5.93. The molecule has 0 saturated carbocycles. The molecular formula is C12H17ClN2O2. The Bertz CT molecular complexity index is 396. The Hall–Kier alpha value is -1.26. The van der Waals surface area contributed by atoms with Crippen molar-refractivity contribution in [3.63, 3.8) is 0 Å². The third kappa shape index (κ3) is 4.24. The highest BCUT2D eigenvalue weighted by Crippen LogP contribution is 2.18. The number of carbonyl (C=O) groups excluding carboxylic acids is 1. The first-order valence-electron chi connectivity index (χ1n) is 5.48. The summed E-state index contributed by atoms with van der Waals surface area (Å²) < 4.78 is 5.21. The Morgan fingerprint density at radius 3 is 2.94 bits per heavy atom. The number of hydrogen-bond acceptors (Lipinski definition) is 3. The van der Waals surface area contributed by atoms with Crippen LogP contribution in [0.15, 0.2) is 18.2 Å². The monoisotopic (exact) mass is 256 g/mol. The first-order chi connectivity index (χ1) is 8.04. The van der Waals surface area contributed by atoms with Crippen LogP contribution in [0, 0.1) is 0 Å². The Labute approximate surface area is 106 Å². The van der Waals surface area contributed by atoms with Crippen molar-refractivity contribution in [2.45, 2.75) is 19.9 Å². The molecule has 94 valence electrons. The molecule has 17 heavy (non-hydrogen) atoms. The number of nitrogens with one attached hydrogen (secondary N) is 1. The molecule has 0 fully saturated rings. The lowest BCUT2D eigenvalue weighted by atomic mass is 10.2. The quantitative estimate of drug-likeness (QED) is 0.793. The van der Waals surface area contributed by atoms with Crippen molar-refractivity contribution >= 4 is 23.2 Å². The smallest absolute Gasteiger partial charge is 0.253 e. The van der Waals surface area contributed by atoms with E-state index in [1.807, 2.05) is 13.8 Å². The van der Waals surface area contributed by atoms with E-state index < -0.39 is 0 Å². The maximum Gasteiger partial charge on any atom is 0.253 e. The number of benzene rings is 1. The molecule has 0 aliphatic carbocycles. The van der Waals surface area contributed by atoms with E-state index in [2.05, 4.69) is 5.32 Å². The average Bonchev–Trinajstić information content (AvgIpc) is 2.29. The molecule has 4 nitrogen and oxygen atoms in total. The Morgan fingerprint density at radius 2 is 2.29 bits per heavy atom. The Morgan fingerprint density at radius 1 is 1.59 bits per heavy atom. The maximum atomic E-state index is 11.9. The fourth-order valence-corrected chi connectivity index (χ4v) is 1.56. The van der Waals surface area contributed by atoms with Crippen molar-refractivity contribution in [1.82, 2.24) is 5.32 Å². The van der Waals surface area contributed by atoms with Gasteiger partial charge in [-0.05, 0) is 32.0 Å². The standard InChI is InChI=1S/C12H17ClN2O2/c1-3-17-7-8(2)15-12(16)10-6-9(14)4-5-11(10)13/h4-6,8H,3,7,14H2,1-2H3,(H,15,16). The van der Waals surface area contributed by atoms with Gasteiger partial charge >= 0.3 is 0 Å². The van der Waals surface area contributed by atoms with E-state index >= 15 is 0 Å². The first kappa shape index (κ1) is 13.8. The molecule has 1 amide bonds. The number of nitrogen functional groups attached to an aromatic ring is 1. The summed E-state index contributed by atoms with van der Waals surface area (Å²) in [6.07, 6.45) is 0. The summed E-state index contributed by atoms with van der Waals surface area (Å²) in [5.41, 5.74) is 6.51. The van der Waals surface area contributed by atoms with Gasteiger partial charge in [0.15, 0.2) is 0 Å². The number of rotatable bonds is 5. The summed E-state index contributed by atoms with van der Waals surface area (Å²) in [5, 5.41) is 3.18. The van der Waals surface area contributed by atoms with Crippen LogP contribution >= 0.6 is 11.6 Å². The van der Waals surface area contributed by atoms with Gasteiger partial charge in [-0.15, -0.1) is 0 Å². The third-order valence-corrected chi connectivity index (χ3v) is 2.51. The molecule has 0 aliphatic heterocycles. The molecule has 5 heteroatoms. The van der Waals surface area contributed by atoms with Gasteiger partial charge in [-0.25, -0.2) is 0 Å². The van der Waals surface area contributed by atoms with E-state index in [-0.39, 0.29) is 11.9 Å². The van der Waals surface area contributed by atoms with Gasteiger partial charge in [0.1, 0.15) is 0 Å². The van der Waals surface area contributed by atoms with Gasteiger partial charge in [0.25, 0.3) is 5.91 Å². The highest BCUT2D eigenvalue weighted by atomic mass is 35.5. The predicted octanol–water partition coefficient (Wildman–Crippen LogP) is 2.08. The Balaban J connectivity index is 2.66. The van der Waals surface area contributed by atoms with E-state index in [0.29, 0.717) is 29.5 Å². The van der Waals surface area contributed by atoms with Crippen LogP contribution < -0.4 is 11.1 Å². The van der Waals surface area contributed by atoms with Crippen LogP contribution in [0.1, 0.15) is 24.2 Å². The van der Waals surface area contributed by atoms with Gasteiger partial charge in [-0.2, -0.15) is 0 Å². The number of halogens is 1. The molecule has 1 rings (SSSR count). The van der Waals surface area contributed by atoms with Gasteiger partial charge < -0.3 is 15.8 Å². The van der Waals surface area contributed by atoms with Crippen LogP contribution in [0.3, 0.4) is 0 Å². The third-order valence-electron chi connectivity index (χ3n) is 2.18. The number of nitrogens with two attached hydrogens (primary N) is 1. The molecule has 1 unspecified atom stereocenters. The fourth-order valence-electron chi connectivity index (χ4n) is 1.35. The highest BCUT2D eigenvalue weighted by molar-refractivity contribution is 6.34. The van der Waals surface area contributed by atoms with Gasteiger partial charge in [-0.1, -0.05) is 11.6 Å². The zero-order valence-corrected chi connectivity index (χ0v) is 10.8. The largest absolute Gasteiger partial charge is 0.399 e. The second-order valence-electron chi connectivity index (χ2n) is 3.77. The minimum Gasteiger partial charge on any atom is -0.399 e. The van der Waals surface area contributed by atoms with Gasteiger partial charge in [0, 0.05) is 18.3 Å². The van der Waals surface area contributed by atoms with Crippen molar-refractivity contribution in [2.75, 3.05) is 18.9 Å². The van der Waals surface area contributed by atoms with Gasteiger partial charge in [0.2, 0.25) is 0 Å². The molecule has 0 heterocycles. The van der Waals surface area contributed by atoms with Crippen LogP contribution in [-0.2, 0) is 4.74 Å². The lowest BCUT2D eigenvalue weighted by Gasteiger charge is -2.14. The molecule has 1 aromatic rings. The normalized spacial score (nSPS) is 12.2. The van der Waals surface area contributed by atoms with E-state index in [0.717, 1.165) is 0 Å². The molecule has 3 N–H and O–H groups in total. The molecule has 1 atom stereocenters. The van der Waals surface area contributed by atoms with Crippen LogP contribution in [0.25, 0.3) is 0 Å². The average molecular weight is 257 g/mol. The van der Waals surface area contributed by atoms with E-state index in [4.69, 9.17) is 22.1 Å². The molecule has 0 bridgehead atoms. The summed E-state index contributed by atoms with van der Waals surface area (Å²) in [6.45, 7) is 4.87. The zero-order chi connectivity index (χ0) is 12.8. The number of carbonyl (C=O) groups is 1. The molecule has 0 saturated heterocycles. The summed E-state index contributed by atoms with van der Waals surface area (Å²) in [7, 11) is 0. The van der Waals surface area contributed by atoms with Crippen LogP contribution in [-0.4, -0.2) is 25.2 Å². The topological polar surface area (TPSA) is 64.3 Å². The molecule has 0 aromatic heterocycles. The zero-order valence-electron chi connectivity index (χ0n) is 10.00. The lowest BCUT2D eigenvalue weighted by Crippen LogP contribution is -2.36. The van der Waals surface area contributed by atoms with E-state index in [1.165, 1.54) is 0 Å². The minimum absolute atomic E-state index is 0.0695. The predicted molar refractivity (Wildman–Crippen MR) is 69.3 cm³/mol. The number of amides is 1. The molecular weight excluding hydrogens is 240 g/mol. The van der Waals surface area contributed by atoms with Crippen molar-refractivity contribution in [1.29, 1.82) is 0 Å². The fraction of sp³-hybridized carbons (Fsp3) is 0.417. The molecule has 1 aromatic carbocycles. The van der Waals surface area contributed by atoms with Crippen LogP contribution in [0.2, 0.25) is 5.02 Å². The van der Waals surface area contributed by atoms with Crippen LogP contribution in [0.4, 0.5) is 5.69 Å². The van der Waals surface area contributed by atoms with E-state index in [1.54, 1.807) is 18.2 Å². The number of hydrogen-bond donors (Lipinski definition) is 2. The highest BCUT2D eigenvalue weighted by Gasteiger charge is 2.13. The summed E-state index contributed by atoms with van der Waals surface area (Å²) in [4.78, 5) is 11.9. The van der Waals surface area contributed by atoms with Crippen LogP contribution in [0.5, 0.6) is 0 Å². The van der Waals surface area contributed by atoms with Crippen molar-refractivity contribution in [3.8, 4) is 0 Å². The molecule has 0 radical (unpaired) electrons. The Kier molecular flexibility index (Phi) is 5.25. The summed E-state index contributed by atoms with van der Waals surface area (Å²) in [5.74, 6) is -0.241. The molecule has 0 spiro atoms. The van der Waals surface area contributed by atoms with Crippen molar-refractivity contribution in [2.24, 2.45) is 0 Å². The maximum absolute atomic E-state index is 11.9. The first-order valence-corrected chi connectivity index (χ1v) is 5.86. The van der Waals surface area contributed by atoms with Crippen molar-refractivity contribution < 1.29 is 9.53 Å².